The van der Waals surface area contributed by atoms with Gasteiger partial charge in [0.15, 0.2) is 0 Å². The van der Waals surface area contributed by atoms with Gasteiger partial charge in [-0.05, 0) is 6.92 Å². The molecule has 1 fully saturated rings. The van der Waals surface area contributed by atoms with E-state index < -0.39 is 0 Å². The number of carbonyl (C=O) groups excluding carboxylic acids is 1. The molecule has 9 heteroatoms. The van der Waals surface area contributed by atoms with E-state index in [1.807, 2.05) is 11.8 Å². The summed E-state index contributed by atoms with van der Waals surface area (Å²) >= 11 is 5.96. The van der Waals surface area contributed by atoms with E-state index in [9.17, 15) is 4.79 Å². The SMILES string of the molecule is Cc1nn(CC(=O)N2CCN(Cc3ncn[nH]3)CC2)cc1Cl. The molecule has 0 spiro atoms. The highest BCUT2D eigenvalue weighted by Crippen LogP contribution is 2.12. The van der Waals surface area contributed by atoms with Crippen molar-refractivity contribution < 1.29 is 4.79 Å². The van der Waals surface area contributed by atoms with Gasteiger partial charge in [0.2, 0.25) is 5.91 Å². The summed E-state index contributed by atoms with van der Waals surface area (Å²) in [4.78, 5) is 20.5. The monoisotopic (exact) mass is 323 g/mol. The first kappa shape index (κ1) is 15.0. The highest BCUT2D eigenvalue weighted by molar-refractivity contribution is 6.31. The maximum Gasteiger partial charge on any atom is 0.244 e. The van der Waals surface area contributed by atoms with Crippen molar-refractivity contribution in [2.45, 2.75) is 20.0 Å². The van der Waals surface area contributed by atoms with Crippen LogP contribution in [0.5, 0.6) is 0 Å². The van der Waals surface area contributed by atoms with Crippen molar-refractivity contribution in [1.82, 2.24) is 34.8 Å². The third-order valence-corrected chi connectivity index (χ3v) is 4.12. The topological polar surface area (TPSA) is 82.9 Å². The normalized spacial score (nSPS) is 16.2. The van der Waals surface area contributed by atoms with E-state index in [-0.39, 0.29) is 12.5 Å². The van der Waals surface area contributed by atoms with Crippen molar-refractivity contribution in [1.29, 1.82) is 0 Å². The van der Waals surface area contributed by atoms with E-state index in [0.717, 1.165) is 31.2 Å². The van der Waals surface area contributed by atoms with Crippen LogP contribution in [0.4, 0.5) is 0 Å². The van der Waals surface area contributed by atoms with Crippen molar-refractivity contribution in [3.63, 3.8) is 0 Å². The molecule has 2 aromatic heterocycles. The number of hydrogen-bond acceptors (Lipinski definition) is 5. The number of halogens is 1. The van der Waals surface area contributed by atoms with Gasteiger partial charge in [-0.25, -0.2) is 4.98 Å². The van der Waals surface area contributed by atoms with Gasteiger partial charge in [-0.15, -0.1) is 0 Å². The molecule has 1 N–H and O–H groups in total. The molecule has 0 bridgehead atoms. The third-order valence-electron chi connectivity index (χ3n) is 3.75. The van der Waals surface area contributed by atoms with Gasteiger partial charge < -0.3 is 4.90 Å². The molecular formula is C13H18ClN7O. The molecule has 3 rings (SSSR count). The molecule has 0 saturated carbocycles. The number of aryl methyl sites for hydroxylation is 1. The van der Waals surface area contributed by atoms with Crippen LogP contribution >= 0.6 is 11.6 Å². The minimum Gasteiger partial charge on any atom is -0.339 e. The van der Waals surface area contributed by atoms with Crippen LogP contribution in [0.3, 0.4) is 0 Å². The molecule has 0 atom stereocenters. The Hall–Kier alpha value is -1.93. The fourth-order valence-corrected chi connectivity index (χ4v) is 2.64. The number of nitrogens with one attached hydrogen (secondary N) is 1. The molecule has 3 heterocycles. The molecule has 1 saturated heterocycles. The lowest BCUT2D eigenvalue weighted by molar-refractivity contribution is -0.133. The van der Waals surface area contributed by atoms with Crippen LogP contribution < -0.4 is 0 Å². The Morgan fingerprint density at radius 1 is 1.36 bits per heavy atom. The molecular weight excluding hydrogens is 306 g/mol. The van der Waals surface area contributed by atoms with Crippen LogP contribution in [0.25, 0.3) is 0 Å². The van der Waals surface area contributed by atoms with Crippen molar-refractivity contribution in [2.75, 3.05) is 26.2 Å². The van der Waals surface area contributed by atoms with Crippen molar-refractivity contribution in [3.8, 4) is 0 Å². The second-order valence-electron chi connectivity index (χ2n) is 5.35. The van der Waals surface area contributed by atoms with Crippen LogP contribution in [0, 0.1) is 6.92 Å². The average Bonchev–Trinajstić information content (AvgIpc) is 3.10. The average molecular weight is 324 g/mol. The lowest BCUT2D eigenvalue weighted by Crippen LogP contribution is -2.49. The van der Waals surface area contributed by atoms with Gasteiger partial charge in [0.1, 0.15) is 18.7 Å². The number of rotatable bonds is 4. The van der Waals surface area contributed by atoms with Gasteiger partial charge in [0.25, 0.3) is 0 Å². The smallest absolute Gasteiger partial charge is 0.244 e. The minimum atomic E-state index is 0.0680. The van der Waals surface area contributed by atoms with E-state index in [4.69, 9.17) is 11.6 Å². The summed E-state index contributed by atoms with van der Waals surface area (Å²) in [6.45, 7) is 5.86. The zero-order valence-corrected chi connectivity index (χ0v) is 13.1. The Kier molecular flexibility index (Phi) is 4.39. The molecule has 0 aliphatic carbocycles. The van der Waals surface area contributed by atoms with Gasteiger partial charge >= 0.3 is 0 Å². The summed E-state index contributed by atoms with van der Waals surface area (Å²) in [6.07, 6.45) is 3.20. The zero-order chi connectivity index (χ0) is 15.5. The quantitative estimate of drug-likeness (QED) is 0.875. The Morgan fingerprint density at radius 3 is 2.73 bits per heavy atom. The fraction of sp³-hybridized carbons (Fsp3) is 0.538. The van der Waals surface area contributed by atoms with Gasteiger partial charge in [0, 0.05) is 32.4 Å². The van der Waals surface area contributed by atoms with Crippen molar-refractivity contribution in [2.24, 2.45) is 0 Å². The number of nitrogens with zero attached hydrogens (tertiary/aromatic N) is 6. The molecule has 8 nitrogen and oxygen atoms in total. The van der Waals surface area contributed by atoms with Gasteiger partial charge in [0.05, 0.1) is 17.3 Å². The molecule has 0 radical (unpaired) electrons. The molecule has 0 aromatic carbocycles. The molecule has 1 aliphatic rings. The minimum absolute atomic E-state index is 0.0680. The Balaban J connectivity index is 1.49. The number of amides is 1. The second kappa shape index (κ2) is 6.45. The fourth-order valence-electron chi connectivity index (χ4n) is 2.49. The van der Waals surface area contributed by atoms with Crippen LogP contribution in [0.1, 0.15) is 11.5 Å². The van der Waals surface area contributed by atoms with E-state index in [1.54, 1.807) is 10.9 Å². The first-order valence-electron chi connectivity index (χ1n) is 7.16. The van der Waals surface area contributed by atoms with Gasteiger partial charge in [-0.3, -0.25) is 19.5 Å². The molecule has 1 aliphatic heterocycles. The summed E-state index contributed by atoms with van der Waals surface area (Å²) in [7, 11) is 0. The lowest BCUT2D eigenvalue weighted by atomic mass is 10.3. The summed E-state index contributed by atoms with van der Waals surface area (Å²) in [5, 5.41) is 11.5. The Labute approximate surface area is 133 Å². The summed E-state index contributed by atoms with van der Waals surface area (Å²) in [6, 6.07) is 0. The highest BCUT2D eigenvalue weighted by atomic mass is 35.5. The van der Waals surface area contributed by atoms with E-state index in [0.29, 0.717) is 18.1 Å². The molecule has 0 unspecified atom stereocenters. The summed E-state index contributed by atoms with van der Waals surface area (Å²) < 4.78 is 1.60. The number of piperazine rings is 1. The van der Waals surface area contributed by atoms with Crippen LogP contribution in [-0.2, 0) is 17.9 Å². The number of carbonyl (C=O) groups is 1. The first-order valence-corrected chi connectivity index (χ1v) is 7.53. The molecule has 1 amide bonds. The standard InChI is InChI=1S/C13H18ClN7O/c1-10-11(14)6-21(18-10)8-13(22)20-4-2-19(3-5-20)7-12-15-9-16-17-12/h6,9H,2-5,7-8H2,1H3,(H,15,16,17). The van der Waals surface area contributed by atoms with E-state index in [1.165, 1.54) is 6.33 Å². The van der Waals surface area contributed by atoms with Crippen molar-refractivity contribution >= 4 is 17.5 Å². The lowest BCUT2D eigenvalue weighted by Gasteiger charge is -2.34. The molecule has 22 heavy (non-hydrogen) atoms. The van der Waals surface area contributed by atoms with E-state index in [2.05, 4.69) is 25.2 Å². The second-order valence-corrected chi connectivity index (χ2v) is 5.76. The highest BCUT2D eigenvalue weighted by Gasteiger charge is 2.22. The maximum atomic E-state index is 12.3. The largest absolute Gasteiger partial charge is 0.339 e. The van der Waals surface area contributed by atoms with E-state index >= 15 is 0 Å². The number of hydrogen-bond donors (Lipinski definition) is 1. The van der Waals surface area contributed by atoms with Crippen LogP contribution in [-0.4, -0.2) is 66.8 Å². The Bertz CT molecular complexity index is 611. The number of aromatic amines is 1. The van der Waals surface area contributed by atoms with Crippen LogP contribution in [0.2, 0.25) is 5.02 Å². The number of H-pyrrole nitrogens is 1. The maximum absolute atomic E-state index is 12.3. The molecule has 118 valence electrons. The summed E-state index contributed by atoms with van der Waals surface area (Å²) in [5.41, 5.74) is 0.742. The van der Waals surface area contributed by atoms with Gasteiger partial charge in [-0.2, -0.15) is 10.2 Å². The zero-order valence-electron chi connectivity index (χ0n) is 12.4. The Morgan fingerprint density at radius 2 is 2.14 bits per heavy atom. The number of aromatic nitrogens is 5. The predicted molar refractivity (Wildman–Crippen MR) is 80.2 cm³/mol. The molecule has 2 aromatic rings. The summed E-state index contributed by atoms with van der Waals surface area (Å²) in [5.74, 6) is 0.917. The van der Waals surface area contributed by atoms with Crippen LogP contribution in [0.15, 0.2) is 12.5 Å². The first-order chi connectivity index (χ1) is 10.6. The van der Waals surface area contributed by atoms with Crippen molar-refractivity contribution in [3.05, 3.63) is 29.1 Å². The van der Waals surface area contributed by atoms with Gasteiger partial charge in [-0.1, -0.05) is 11.6 Å². The predicted octanol–water partition coefficient (Wildman–Crippen LogP) is 0.307. The third kappa shape index (κ3) is 3.45.